The van der Waals surface area contributed by atoms with Crippen LogP contribution in [0.1, 0.15) is 32.6 Å². The highest BCUT2D eigenvalue weighted by atomic mass is 19.4. The van der Waals surface area contributed by atoms with Crippen LogP contribution in [0.25, 0.3) is 0 Å². The van der Waals surface area contributed by atoms with Crippen LogP contribution in [0.15, 0.2) is 0 Å². The summed E-state index contributed by atoms with van der Waals surface area (Å²) in [4.78, 5) is 0. The van der Waals surface area contributed by atoms with Gasteiger partial charge >= 0.3 is 12.4 Å². The lowest BCUT2D eigenvalue weighted by Crippen LogP contribution is -2.58. The van der Waals surface area contributed by atoms with Crippen LogP contribution in [0.3, 0.4) is 0 Å². The van der Waals surface area contributed by atoms with Gasteiger partial charge < -0.3 is 5.11 Å². The third kappa shape index (κ3) is 2.34. The Kier molecular flexibility index (Phi) is 3.35. The quantitative estimate of drug-likeness (QED) is 0.764. The molecule has 2 fully saturated rings. The van der Waals surface area contributed by atoms with E-state index in [1.54, 1.807) is 0 Å². The van der Waals surface area contributed by atoms with E-state index in [0.29, 0.717) is 25.2 Å². The number of aliphatic hydroxyl groups is 1. The molecule has 2 bridgehead atoms. The molecule has 0 amide bonds. The van der Waals surface area contributed by atoms with Gasteiger partial charge in [-0.3, -0.25) is 0 Å². The molecule has 4 unspecified atom stereocenters. The van der Waals surface area contributed by atoms with E-state index in [2.05, 4.69) is 0 Å². The molecule has 2 saturated carbocycles. The molecule has 1 N–H and O–H groups in total. The number of hydrogen-bond donors (Lipinski definition) is 1. The summed E-state index contributed by atoms with van der Waals surface area (Å²) in [5, 5.41) is 9.19. The topological polar surface area (TPSA) is 20.2 Å². The minimum absolute atomic E-state index is 0.115. The Bertz CT molecular complexity index is 331. The van der Waals surface area contributed by atoms with Crippen LogP contribution in [-0.4, -0.2) is 23.1 Å². The predicted octanol–water partition coefficient (Wildman–Crippen LogP) is 3.91. The molecule has 0 aliphatic heterocycles. The lowest BCUT2D eigenvalue weighted by Gasteiger charge is -2.37. The Labute approximate surface area is 107 Å². The van der Waals surface area contributed by atoms with Crippen LogP contribution in [0.4, 0.5) is 26.3 Å². The molecular weight excluding hydrogens is 274 g/mol. The maximum Gasteiger partial charge on any atom is 0.426 e. The van der Waals surface area contributed by atoms with Crippen molar-refractivity contribution in [1.82, 2.24) is 0 Å². The Morgan fingerprint density at radius 3 is 1.74 bits per heavy atom. The summed E-state index contributed by atoms with van der Waals surface area (Å²) < 4.78 is 75.6. The molecule has 0 saturated heterocycles. The Balaban J connectivity index is 2.16. The van der Waals surface area contributed by atoms with Crippen molar-refractivity contribution in [2.75, 3.05) is 0 Å². The lowest BCUT2D eigenvalue weighted by molar-refractivity contribution is -0.373. The van der Waals surface area contributed by atoms with Gasteiger partial charge in [-0.2, -0.15) is 26.3 Å². The van der Waals surface area contributed by atoms with E-state index in [1.807, 2.05) is 6.92 Å². The zero-order valence-electron chi connectivity index (χ0n) is 10.4. The van der Waals surface area contributed by atoms with Crippen LogP contribution in [0, 0.1) is 23.7 Å². The SMILES string of the molecule is CC1CC2CC1CC2CC(O)(C(F)(F)F)C(F)(F)F. The first-order valence-electron chi connectivity index (χ1n) is 6.31. The van der Waals surface area contributed by atoms with Crippen molar-refractivity contribution in [2.45, 2.75) is 50.6 Å². The first-order valence-corrected chi connectivity index (χ1v) is 6.31. The normalized spacial score (nSPS) is 36.0. The first-order chi connectivity index (χ1) is 8.46. The second-order valence-corrected chi connectivity index (χ2v) is 6.02. The van der Waals surface area contributed by atoms with Gasteiger partial charge in [0.2, 0.25) is 0 Å². The van der Waals surface area contributed by atoms with Crippen molar-refractivity contribution < 1.29 is 31.4 Å². The first kappa shape index (κ1) is 14.9. The number of halogens is 6. The molecule has 2 aliphatic rings. The molecule has 0 heterocycles. The van der Waals surface area contributed by atoms with E-state index in [9.17, 15) is 31.4 Å². The van der Waals surface area contributed by atoms with Crippen LogP contribution < -0.4 is 0 Å². The largest absolute Gasteiger partial charge is 0.426 e. The fourth-order valence-electron chi connectivity index (χ4n) is 3.70. The Hall–Kier alpha value is -0.460. The number of fused-ring (bicyclic) bond motifs is 2. The van der Waals surface area contributed by atoms with E-state index in [4.69, 9.17) is 0 Å². The number of hydrogen-bond acceptors (Lipinski definition) is 1. The van der Waals surface area contributed by atoms with Crippen molar-refractivity contribution in [3.8, 4) is 0 Å². The average molecular weight is 290 g/mol. The Morgan fingerprint density at radius 1 is 0.895 bits per heavy atom. The molecule has 0 aromatic carbocycles. The molecule has 7 heteroatoms. The highest BCUT2D eigenvalue weighted by Gasteiger charge is 2.71. The van der Waals surface area contributed by atoms with Gasteiger partial charge in [-0.15, -0.1) is 0 Å². The smallest absolute Gasteiger partial charge is 0.374 e. The van der Waals surface area contributed by atoms with Crippen molar-refractivity contribution in [1.29, 1.82) is 0 Å². The Morgan fingerprint density at radius 2 is 1.42 bits per heavy atom. The maximum absolute atomic E-state index is 12.6. The van der Waals surface area contributed by atoms with Gasteiger partial charge in [-0.1, -0.05) is 6.92 Å². The van der Waals surface area contributed by atoms with Gasteiger partial charge in [0.05, 0.1) is 0 Å². The highest BCUT2D eigenvalue weighted by Crippen LogP contribution is 2.56. The highest BCUT2D eigenvalue weighted by molar-refractivity contribution is 5.01. The summed E-state index contributed by atoms with van der Waals surface area (Å²) in [7, 11) is 0. The standard InChI is InChI=1S/C12H16F6O/c1-6-2-8-3-7(6)4-9(8)5-10(19,11(13,14)15)12(16,17)18/h6-9,19H,2-5H2,1H3. The summed E-state index contributed by atoms with van der Waals surface area (Å²) in [5.41, 5.74) is -4.57. The summed E-state index contributed by atoms with van der Waals surface area (Å²) in [5.74, 6) is -0.225. The lowest BCUT2D eigenvalue weighted by atomic mass is 9.77. The summed E-state index contributed by atoms with van der Waals surface area (Å²) in [6.07, 6.45) is -10.9. The van der Waals surface area contributed by atoms with E-state index in [-0.39, 0.29) is 11.8 Å². The van der Waals surface area contributed by atoms with Gasteiger partial charge in [-0.05, 0) is 49.4 Å². The van der Waals surface area contributed by atoms with Crippen molar-refractivity contribution in [2.24, 2.45) is 23.7 Å². The summed E-state index contributed by atoms with van der Waals surface area (Å²) in [6, 6.07) is 0. The van der Waals surface area contributed by atoms with E-state index >= 15 is 0 Å². The molecule has 0 aromatic rings. The second-order valence-electron chi connectivity index (χ2n) is 6.02. The van der Waals surface area contributed by atoms with Crippen LogP contribution >= 0.6 is 0 Å². The van der Waals surface area contributed by atoms with Crippen LogP contribution in [0.2, 0.25) is 0 Å². The zero-order valence-corrected chi connectivity index (χ0v) is 10.4. The second kappa shape index (κ2) is 4.27. The molecule has 19 heavy (non-hydrogen) atoms. The van der Waals surface area contributed by atoms with Crippen LogP contribution in [-0.2, 0) is 0 Å². The van der Waals surface area contributed by atoms with Gasteiger partial charge in [0.25, 0.3) is 5.60 Å². The van der Waals surface area contributed by atoms with Crippen molar-refractivity contribution in [3.05, 3.63) is 0 Å². The van der Waals surface area contributed by atoms with Gasteiger partial charge in [0, 0.05) is 0 Å². The fourth-order valence-corrected chi connectivity index (χ4v) is 3.70. The van der Waals surface area contributed by atoms with E-state index < -0.39 is 30.3 Å². The predicted molar refractivity (Wildman–Crippen MR) is 55.2 cm³/mol. The maximum atomic E-state index is 12.6. The van der Waals surface area contributed by atoms with E-state index in [1.165, 1.54) is 0 Å². The van der Waals surface area contributed by atoms with Crippen molar-refractivity contribution in [3.63, 3.8) is 0 Å². The summed E-state index contributed by atoms with van der Waals surface area (Å²) >= 11 is 0. The fraction of sp³-hybridized carbons (Fsp3) is 1.00. The third-order valence-corrected chi connectivity index (χ3v) is 4.85. The monoisotopic (exact) mass is 290 g/mol. The molecular formula is C12H16F6O. The third-order valence-electron chi connectivity index (χ3n) is 4.85. The summed E-state index contributed by atoms with van der Waals surface area (Å²) in [6.45, 7) is 1.97. The number of alkyl halides is 6. The minimum Gasteiger partial charge on any atom is -0.374 e. The van der Waals surface area contributed by atoms with Crippen molar-refractivity contribution >= 4 is 0 Å². The van der Waals surface area contributed by atoms with Gasteiger partial charge in [0.1, 0.15) is 0 Å². The van der Waals surface area contributed by atoms with Gasteiger partial charge in [-0.25, -0.2) is 0 Å². The number of rotatable bonds is 2. The molecule has 2 rings (SSSR count). The molecule has 0 spiro atoms. The zero-order chi connectivity index (χ0) is 14.6. The molecule has 0 radical (unpaired) electrons. The molecule has 112 valence electrons. The molecule has 2 aliphatic carbocycles. The minimum atomic E-state index is -5.68. The van der Waals surface area contributed by atoms with Crippen LogP contribution in [0.5, 0.6) is 0 Å². The van der Waals surface area contributed by atoms with Gasteiger partial charge in [0.15, 0.2) is 0 Å². The average Bonchev–Trinajstić information content (AvgIpc) is 2.72. The molecule has 0 aromatic heterocycles. The van der Waals surface area contributed by atoms with E-state index in [0.717, 1.165) is 0 Å². The molecule has 1 nitrogen and oxygen atoms in total. The molecule has 4 atom stereocenters.